The fourth-order valence-electron chi connectivity index (χ4n) is 3.06. The third kappa shape index (κ3) is 4.63. The Kier molecular flexibility index (Phi) is 5.87. The van der Waals surface area contributed by atoms with Crippen LogP contribution in [0.2, 0.25) is 0 Å². The Bertz CT molecular complexity index is 350. The van der Waals surface area contributed by atoms with Crippen molar-refractivity contribution in [1.29, 1.82) is 0 Å². The Morgan fingerprint density at radius 1 is 1.16 bits per heavy atom. The normalized spacial score (nSPS) is 25.8. The van der Waals surface area contributed by atoms with E-state index in [-0.39, 0.29) is 0 Å². The number of benzene rings is 1. The van der Waals surface area contributed by atoms with Gasteiger partial charge in [-0.15, -0.1) is 0 Å². The molecule has 0 aliphatic heterocycles. The van der Waals surface area contributed by atoms with Crippen LogP contribution in [-0.2, 0) is 0 Å². The van der Waals surface area contributed by atoms with Gasteiger partial charge >= 0.3 is 0 Å². The van der Waals surface area contributed by atoms with Crippen molar-refractivity contribution in [3.63, 3.8) is 0 Å². The average Bonchev–Trinajstić information content (AvgIpc) is 2.66. The van der Waals surface area contributed by atoms with Crippen LogP contribution in [0.25, 0.3) is 0 Å². The molecule has 0 amide bonds. The predicted molar refractivity (Wildman–Crippen MR) is 82.3 cm³/mol. The molecule has 19 heavy (non-hydrogen) atoms. The van der Waals surface area contributed by atoms with Crippen LogP contribution in [0.15, 0.2) is 30.3 Å². The lowest BCUT2D eigenvalue weighted by molar-refractivity contribution is 0.432. The van der Waals surface area contributed by atoms with Crippen molar-refractivity contribution in [2.45, 2.75) is 51.0 Å². The van der Waals surface area contributed by atoms with Gasteiger partial charge < -0.3 is 11.1 Å². The molecular weight excluding hydrogens is 232 g/mol. The second-order valence-corrected chi connectivity index (χ2v) is 6.06. The number of hydrogen-bond donors (Lipinski definition) is 2. The molecule has 1 aromatic carbocycles. The van der Waals surface area contributed by atoms with Crippen LogP contribution in [0.1, 0.15) is 50.5 Å². The molecule has 0 saturated heterocycles. The van der Waals surface area contributed by atoms with E-state index in [1.807, 2.05) is 0 Å². The largest absolute Gasteiger partial charge is 0.330 e. The van der Waals surface area contributed by atoms with E-state index in [1.165, 1.54) is 37.7 Å². The molecule has 2 nitrogen and oxygen atoms in total. The first-order chi connectivity index (χ1) is 9.29. The highest BCUT2D eigenvalue weighted by Crippen LogP contribution is 2.23. The molecule has 0 bridgehead atoms. The quantitative estimate of drug-likeness (QED) is 0.797. The van der Waals surface area contributed by atoms with Gasteiger partial charge in [-0.25, -0.2) is 0 Å². The SMILES string of the molecule is CC1CCCC(NCC(CN)c2ccccc2)CC1. The van der Waals surface area contributed by atoms with Crippen molar-refractivity contribution in [3.8, 4) is 0 Å². The molecule has 0 aromatic heterocycles. The third-order valence-corrected chi connectivity index (χ3v) is 4.47. The van der Waals surface area contributed by atoms with Crippen molar-refractivity contribution >= 4 is 0 Å². The van der Waals surface area contributed by atoms with Crippen molar-refractivity contribution in [2.75, 3.05) is 13.1 Å². The summed E-state index contributed by atoms with van der Waals surface area (Å²) in [5, 5.41) is 3.75. The summed E-state index contributed by atoms with van der Waals surface area (Å²) in [5.41, 5.74) is 7.29. The van der Waals surface area contributed by atoms with Gasteiger partial charge in [0.1, 0.15) is 0 Å². The molecule has 2 rings (SSSR count). The lowest BCUT2D eigenvalue weighted by atomic mass is 9.98. The monoisotopic (exact) mass is 260 g/mol. The van der Waals surface area contributed by atoms with Gasteiger partial charge in [-0.05, 0) is 30.7 Å². The topological polar surface area (TPSA) is 38.0 Å². The zero-order chi connectivity index (χ0) is 13.5. The van der Waals surface area contributed by atoms with Gasteiger partial charge in [-0.2, -0.15) is 0 Å². The Hall–Kier alpha value is -0.860. The maximum absolute atomic E-state index is 5.93. The van der Waals surface area contributed by atoms with Gasteiger partial charge in [-0.3, -0.25) is 0 Å². The summed E-state index contributed by atoms with van der Waals surface area (Å²) in [6, 6.07) is 11.3. The molecule has 3 atom stereocenters. The number of rotatable bonds is 5. The van der Waals surface area contributed by atoms with Crippen molar-refractivity contribution in [1.82, 2.24) is 5.32 Å². The molecule has 2 heteroatoms. The van der Waals surface area contributed by atoms with Crippen LogP contribution < -0.4 is 11.1 Å². The minimum Gasteiger partial charge on any atom is -0.330 e. The first-order valence-corrected chi connectivity index (χ1v) is 7.78. The molecule has 1 fully saturated rings. The van der Waals surface area contributed by atoms with Crippen LogP contribution >= 0.6 is 0 Å². The van der Waals surface area contributed by atoms with E-state index >= 15 is 0 Å². The Balaban J connectivity index is 1.83. The molecule has 3 unspecified atom stereocenters. The summed E-state index contributed by atoms with van der Waals surface area (Å²) in [6.45, 7) is 4.12. The van der Waals surface area contributed by atoms with Gasteiger partial charge in [0.05, 0.1) is 0 Å². The first-order valence-electron chi connectivity index (χ1n) is 7.78. The van der Waals surface area contributed by atoms with E-state index in [9.17, 15) is 0 Å². The third-order valence-electron chi connectivity index (χ3n) is 4.47. The van der Waals surface area contributed by atoms with E-state index in [0.717, 1.165) is 19.0 Å². The molecule has 1 aromatic rings. The summed E-state index contributed by atoms with van der Waals surface area (Å²) >= 11 is 0. The summed E-state index contributed by atoms with van der Waals surface area (Å²) in [7, 11) is 0. The number of nitrogens with one attached hydrogen (secondary N) is 1. The van der Waals surface area contributed by atoms with Gasteiger partial charge in [-0.1, -0.05) is 50.1 Å². The van der Waals surface area contributed by atoms with Crippen LogP contribution in [-0.4, -0.2) is 19.1 Å². The number of hydrogen-bond acceptors (Lipinski definition) is 2. The summed E-state index contributed by atoms with van der Waals surface area (Å²) in [5.74, 6) is 1.35. The van der Waals surface area contributed by atoms with E-state index in [1.54, 1.807) is 0 Å². The highest BCUT2D eigenvalue weighted by atomic mass is 14.9. The van der Waals surface area contributed by atoms with Crippen LogP contribution in [0.3, 0.4) is 0 Å². The van der Waals surface area contributed by atoms with E-state index < -0.39 is 0 Å². The summed E-state index contributed by atoms with van der Waals surface area (Å²) in [4.78, 5) is 0. The number of nitrogens with two attached hydrogens (primary N) is 1. The lowest BCUT2D eigenvalue weighted by Crippen LogP contribution is -2.34. The van der Waals surface area contributed by atoms with Crippen molar-refractivity contribution in [3.05, 3.63) is 35.9 Å². The standard InChI is InChI=1S/C17H28N2/c1-14-6-5-9-17(11-10-14)19-13-16(12-18)15-7-3-2-4-8-15/h2-4,7-8,14,16-17,19H,5-6,9-13,18H2,1H3. The fraction of sp³-hybridized carbons (Fsp3) is 0.647. The maximum atomic E-state index is 5.93. The average molecular weight is 260 g/mol. The Labute approximate surface area is 117 Å². The minimum atomic E-state index is 0.446. The second-order valence-electron chi connectivity index (χ2n) is 6.06. The highest BCUT2D eigenvalue weighted by molar-refractivity contribution is 5.20. The molecular formula is C17H28N2. The summed E-state index contributed by atoms with van der Waals surface area (Å²) < 4.78 is 0. The van der Waals surface area contributed by atoms with E-state index in [2.05, 4.69) is 42.6 Å². The molecule has 1 aliphatic carbocycles. The molecule has 1 aliphatic rings. The maximum Gasteiger partial charge on any atom is 0.00864 e. The minimum absolute atomic E-state index is 0.446. The van der Waals surface area contributed by atoms with Crippen molar-refractivity contribution < 1.29 is 0 Å². The van der Waals surface area contributed by atoms with E-state index in [0.29, 0.717) is 12.0 Å². The molecule has 0 radical (unpaired) electrons. The molecule has 106 valence electrons. The molecule has 3 N–H and O–H groups in total. The van der Waals surface area contributed by atoms with E-state index in [4.69, 9.17) is 5.73 Å². The van der Waals surface area contributed by atoms with Gasteiger partial charge in [0.25, 0.3) is 0 Å². The molecule has 1 saturated carbocycles. The second kappa shape index (κ2) is 7.66. The highest BCUT2D eigenvalue weighted by Gasteiger charge is 2.17. The molecule has 0 spiro atoms. The first kappa shape index (κ1) is 14.5. The van der Waals surface area contributed by atoms with Gasteiger partial charge in [0.2, 0.25) is 0 Å². The van der Waals surface area contributed by atoms with Crippen LogP contribution in [0.5, 0.6) is 0 Å². The van der Waals surface area contributed by atoms with Crippen molar-refractivity contribution in [2.24, 2.45) is 11.7 Å². The van der Waals surface area contributed by atoms with Crippen LogP contribution in [0, 0.1) is 5.92 Å². The van der Waals surface area contributed by atoms with Crippen LogP contribution in [0.4, 0.5) is 0 Å². The summed E-state index contributed by atoms with van der Waals surface area (Å²) in [6.07, 6.45) is 6.80. The Morgan fingerprint density at radius 3 is 2.68 bits per heavy atom. The fourth-order valence-corrected chi connectivity index (χ4v) is 3.06. The zero-order valence-corrected chi connectivity index (χ0v) is 12.1. The zero-order valence-electron chi connectivity index (χ0n) is 12.1. The lowest BCUT2D eigenvalue weighted by Gasteiger charge is -2.21. The smallest absolute Gasteiger partial charge is 0.00864 e. The van der Waals surface area contributed by atoms with Gasteiger partial charge in [0, 0.05) is 25.0 Å². The molecule has 0 heterocycles. The Morgan fingerprint density at radius 2 is 1.95 bits per heavy atom. The predicted octanol–water partition coefficient (Wildman–Crippen LogP) is 3.29. The van der Waals surface area contributed by atoms with Gasteiger partial charge in [0.15, 0.2) is 0 Å².